The molecule has 0 heterocycles. The number of rotatable bonds is 3. The Morgan fingerprint density at radius 2 is 2.38 bits per heavy atom. The fourth-order valence-electron chi connectivity index (χ4n) is 0.991. The van der Waals surface area contributed by atoms with Crippen LogP contribution < -0.4 is 4.74 Å². The van der Waals surface area contributed by atoms with Crippen LogP contribution in [0.4, 0.5) is 0 Å². The summed E-state index contributed by atoms with van der Waals surface area (Å²) < 4.78 is 4.98. The van der Waals surface area contributed by atoms with Crippen molar-refractivity contribution in [3.8, 4) is 18.1 Å². The largest absolute Gasteiger partial charge is 0.497 e. The van der Waals surface area contributed by atoms with Crippen LogP contribution in [0.1, 0.15) is 16.8 Å². The van der Waals surface area contributed by atoms with Crippen LogP contribution >= 0.6 is 0 Å². The van der Waals surface area contributed by atoms with Gasteiger partial charge in [-0.2, -0.15) is 0 Å². The van der Waals surface area contributed by atoms with Crippen molar-refractivity contribution in [3.05, 3.63) is 29.8 Å². The van der Waals surface area contributed by atoms with Crippen molar-refractivity contribution in [2.24, 2.45) is 0 Å². The zero-order valence-corrected chi connectivity index (χ0v) is 7.41. The van der Waals surface area contributed by atoms with Gasteiger partial charge in [0.05, 0.1) is 13.5 Å². The number of methoxy groups -OCH3 is 1. The first-order chi connectivity index (χ1) is 6.27. The van der Waals surface area contributed by atoms with E-state index < -0.39 is 0 Å². The summed E-state index contributed by atoms with van der Waals surface area (Å²) in [5.41, 5.74) is 0.595. The minimum absolute atomic E-state index is 0.0543. The van der Waals surface area contributed by atoms with Crippen LogP contribution in [0.3, 0.4) is 0 Å². The molecule has 66 valence electrons. The molecule has 0 bridgehead atoms. The van der Waals surface area contributed by atoms with Crippen molar-refractivity contribution < 1.29 is 9.53 Å². The maximum Gasteiger partial charge on any atom is 0.174 e. The van der Waals surface area contributed by atoms with E-state index in [1.54, 1.807) is 31.4 Å². The van der Waals surface area contributed by atoms with Crippen molar-refractivity contribution in [2.45, 2.75) is 6.42 Å². The van der Waals surface area contributed by atoms with Crippen molar-refractivity contribution in [3.63, 3.8) is 0 Å². The van der Waals surface area contributed by atoms with Gasteiger partial charge in [0, 0.05) is 5.56 Å². The molecule has 0 amide bonds. The molecule has 0 saturated heterocycles. The van der Waals surface area contributed by atoms with Crippen LogP contribution in [-0.4, -0.2) is 12.9 Å². The molecular weight excluding hydrogens is 164 g/mol. The van der Waals surface area contributed by atoms with E-state index in [0.717, 1.165) is 0 Å². The lowest BCUT2D eigenvalue weighted by Crippen LogP contribution is -1.97. The molecule has 0 N–H and O–H groups in total. The number of hydrogen-bond donors (Lipinski definition) is 0. The number of Topliss-reactive ketones (excluding diaryl/α,β-unsaturated/α-hetero) is 1. The monoisotopic (exact) mass is 174 g/mol. The molecule has 0 aromatic heterocycles. The topological polar surface area (TPSA) is 26.3 Å². The quantitative estimate of drug-likeness (QED) is 0.516. The van der Waals surface area contributed by atoms with Crippen LogP contribution in [0.25, 0.3) is 0 Å². The van der Waals surface area contributed by atoms with E-state index in [9.17, 15) is 4.79 Å². The second-order valence-corrected chi connectivity index (χ2v) is 2.54. The van der Waals surface area contributed by atoms with Gasteiger partial charge in [0.2, 0.25) is 0 Å². The second-order valence-electron chi connectivity index (χ2n) is 2.54. The van der Waals surface area contributed by atoms with Gasteiger partial charge in [0.1, 0.15) is 5.75 Å². The van der Waals surface area contributed by atoms with Crippen LogP contribution in [0.15, 0.2) is 24.3 Å². The summed E-state index contributed by atoms with van der Waals surface area (Å²) in [5, 5.41) is 0. The molecule has 0 aliphatic heterocycles. The maximum atomic E-state index is 11.3. The molecule has 1 aromatic rings. The minimum Gasteiger partial charge on any atom is -0.497 e. The first-order valence-electron chi connectivity index (χ1n) is 3.88. The summed E-state index contributed by atoms with van der Waals surface area (Å²) in [7, 11) is 1.56. The highest BCUT2D eigenvalue weighted by atomic mass is 16.5. The Hall–Kier alpha value is -1.75. The number of benzene rings is 1. The number of ether oxygens (including phenoxy) is 1. The Morgan fingerprint density at radius 1 is 1.62 bits per heavy atom. The lowest BCUT2D eigenvalue weighted by atomic mass is 10.1. The number of terminal acetylenes is 1. The van der Waals surface area contributed by atoms with Crippen molar-refractivity contribution >= 4 is 5.78 Å². The van der Waals surface area contributed by atoms with Gasteiger partial charge in [-0.1, -0.05) is 18.1 Å². The molecule has 0 saturated carbocycles. The van der Waals surface area contributed by atoms with Gasteiger partial charge in [-0.25, -0.2) is 0 Å². The molecule has 0 aliphatic carbocycles. The predicted molar refractivity (Wildman–Crippen MR) is 50.8 cm³/mol. The number of hydrogen-bond acceptors (Lipinski definition) is 2. The molecule has 0 aliphatic rings. The summed E-state index contributed by atoms with van der Waals surface area (Å²) in [5.74, 6) is 2.93. The van der Waals surface area contributed by atoms with Gasteiger partial charge >= 0.3 is 0 Å². The predicted octanol–water partition coefficient (Wildman–Crippen LogP) is 1.90. The van der Waals surface area contributed by atoms with Crippen LogP contribution in [-0.2, 0) is 0 Å². The van der Waals surface area contributed by atoms with E-state index in [-0.39, 0.29) is 12.2 Å². The molecule has 0 atom stereocenters. The highest BCUT2D eigenvalue weighted by Gasteiger charge is 2.04. The number of carbonyl (C=O) groups excluding carboxylic acids is 1. The molecular formula is C11H10O2. The van der Waals surface area contributed by atoms with E-state index in [4.69, 9.17) is 11.2 Å². The molecule has 0 fully saturated rings. The first kappa shape index (κ1) is 9.34. The Morgan fingerprint density at radius 3 is 3.00 bits per heavy atom. The highest BCUT2D eigenvalue weighted by molar-refractivity contribution is 5.97. The van der Waals surface area contributed by atoms with Gasteiger partial charge in [0.15, 0.2) is 5.78 Å². The Kier molecular flexibility index (Phi) is 3.10. The van der Waals surface area contributed by atoms with E-state index in [1.807, 2.05) is 0 Å². The lowest BCUT2D eigenvalue weighted by Gasteiger charge is -2.01. The van der Waals surface area contributed by atoms with Crippen LogP contribution in [0.2, 0.25) is 0 Å². The molecule has 2 heteroatoms. The van der Waals surface area contributed by atoms with E-state index >= 15 is 0 Å². The second kappa shape index (κ2) is 4.32. The SMILES string of the molecule is C#CCC(=O)c1cccc(OC)c1. The Balaban J connectivity index is 2.89. The van der Waals surface area contributed by atoms with Crippen LogP contribution in [0, 0.1) is 12.3 Å². The van der Waals surface area contributed by atoms with Crippen molar-refractivity contribution in [2.75, 3.05) is 7.11 Å². The molecule has 0 radical (unpaired) electrons. The molecule has 2 nitrogen and oxygen atoms in total. The lowest BCUT2D eigenvalue weighted by molar-refractivity contribution is 0.0998. The summed E-state index contributed by atoms with van der Waals surface area (Å²) in [6, 6.07) is 6.96. The average molecular weight is 174 g/mol. The van der Waals surface area contributed by atoms with Gasteiger partial charge in [0.25, 0.3) is 0 Å². The summed E-state index contributed by atoms with van der Waals surface area (Å²) in [4.78, 5) is 11.3. The zero-order valence-electron chi connectivity index (χ0n) is 7.41. The molecule has 1 rings (SSSR count). The molecule has 0 unspecified atom stereocenters. The molecule has 1 aromatic carbocycles. The third-order valence-corrected chi connectivity index (χ3v) is 1.65. The highest BCUT2D eigenvalue weighted by Crippen LogP contribution is 2.13. The van der Waals surface area contributed by atoms with Gasteiger partial charge in [-0.15, -0.1) is 6.42 Å². The molecule has 13 heavy (non-hydrogen) atoms. The normalized spacial score (nSPS) is 8.92. The zero-order chi connectivity index (χ0) is 9.68. The minimum atomic E-state index is -0.0543. The fraction of sp³-hybridized carbons (Fsp3) is 0.182. The third kappa shape index (κ3) is 2.34. The van der Waals surface area contributed by atoms with Crippen molar-refractivity contribution in [1.82, 2.24) is 0 Å². The third-order valence-electron chi connectivity index (χ3n) is 1.65. The van der Waals surface area contributed by atoms with E-state index in [0.29, 0.717) is 11.3 Å². The maximum absolute atomic E-state index is 11.3. The van der Waals surface area contributed by atoms with Gasteiger partial charge in [-0.05, 0) is 12.1 Å². The summed E-state index contributed by atoms with van der Waals surface area (Å²) in [6.07, 6.45) is 5.17. The van der Waals surface area contributed by atoms with Gasteiger partial charge < -0.3 is 4.74 Å². The summed E-state index contributed by atoms with van der Waals surface area (Å²) >= 11 is 0. The standard InChI is InChI=1S/C11H10O2/c1-3-5-11(12)9-6-4-7-10(8-9)13-2/h1,4,6-8H,5H2,2H3. The Bertz CT molecular complexity index is 347. The number of ketones is 1. The summed E-state index contributed by atoms with van der Waals surface area (Å²) in [6.45, 7) is 0. The van der Waals surface area contributed by atoms with Crippen molar-refractivity contribution in [1.29, 1.82) is 0 Å². The van der Waals surface area contributed by atoms with E-state index in [2.05, 4.69) is 5.92 Å². The van der Waals surface area contributed by atoms with Gasteiger partial charge in [-0.3, -0.25) is 4.79 Å². The molecule has 0 spiro atoms. The average Bonchev–Trinajstić information content (AvgIpc) is 2.18. The first-order valence-corrected chi connectivity index (χ1v) is 3.88. The smallest absolute Gasteiger partial charge is 0.174 e. The van der Waals surface area contributed by atoms with E-state index in [1.165, 1.54) is 0 Å². The number of carbonyl (C=O) groups is 1. The fourth-order valence-corrected chi connectivity index (χ4v) is 0.991. The van der Waals surface area contributed by atoms with Crippen LogP contribution in [0.5, 0.6) is 5.75 Å². The Labute approximate surface area is 77.5 Å².